The van der Waals surface area contributed by atoms with Crippen LogP contribution in [-0.4, -0.2) is 16.1 Å². The number of nitrogens with zero attached hydrogens (tertiary/aromatic N) is 1. The number of rotatable bonds is 2. The van der Waals surface area contributed by atoms with Gasteiger partial charge in [-0.1, -0.05) is 12.1 Å². The molecule has 0 aliphatic carbocycles. The van der Waals surface area contributed by atoms with Crippen LogP contribution in [0.3, 0.4) is 0 Å². The molecule has 7 heteroatoms. The maximum atomic E-state index is 12.4. The summed E-state index contributed by atoms with van der Waals surface area (Å²) < 4.78 is 37.1. The van der Waals surface area contributed by atoms with Gasteiger partial charge in [0.05, 0.1) is 5.56 Å². The Kier molecular flexibility index (Phi) is 3.08. The van der Waals surface area contributed by atoms with E-state index in [9.17, 15) is 18.0 Å². The molecule has 2 aromatic rings. The molecular weight excluding hydrogens is 267 g/mol. The van der Waals surface area contributed by atoms with Crippen molar-refractivity contribution in [3.8, 4) is 10.6 Å². The lowest BCUT2D eigenvalue weighted by atomic mass is 10.1. The van der Waals surface area contributed by atoms with Gasteiger partial charge in [0.15, 0.2) is 5.69 Å². The Morgan fingerprint density at radius 2 is 1.83 bits per heavy atom. The van der Waals surface area contributed by atoms with Crippen LogP contribution in [0, 0.1) is 0 Å². The number of carbonyl (C=O) groups is 1. The number of benzene rings is 1. The first-order valence-corrected chi connectivity index (χ1v) is 5.62. The number of carboxylic acids is 1. The highest BCUT2D eigenvalue weighted by molar-refractivity contribution is 7.13. The number of alkyl halides is 3. The lowest BCUT2D eigenvalue weighted by Gasteiger charge is -2.00. The van der Waals surface area contributed by atoms with E-state index in [2.05, 4.69) is 4.98 Å². The zero-order valence-corrected chi connectivity index (χ0v) is 9.55. The first kappa shape index (κ1) is 12.6. The van der Waals surface area contributed by atoms with Crippen LogP contribution in [0.15, 0.2) is 29.6 Å². The van der Waals surface area contributed by atoms with Gasteiger partial charge in [-0.2, -0.15) is 13.2 Å². The van der Waals surface area contributed by atoms with Crippen molar-refractivity contribution in [2.45, 2.75) is 6.18 Å². The standard InChI is InChI=1S/C11H6F3NO2S/c12-11(13,14)8-5-18-9(15-8)6-1-3-7(4-2-6)10(16)17/h1-5H,(H,16,17). The molecule has 94 valence electrons. The molecule has 1 aromatic carbocycles. The summed E-state index contributed by atoms with van der Waals surface area (Å²) in [5, 5.41) is 9.83. The molecule has 18 heavy (non-hydrogen) atoms. The Bertz CT molecular complexity index is 575. The maximum absolute atomic E-state index is 12.4. The molecule has 0 aliphatic rings. The van der Waals surface area contributed by atoms with E-state index in [1.165, 1.54) is 24.3 Å². The molecule has 1 N–H and O–H groups in total. The van der Waals surface area contributed by atoms with Crippen LogP contribution < -0.4 is 0 Å². The van der Waals surface area contributed by atoms with Crippen molar-refractivity contribution in [3.05, 3.63) is 40.9 Å². The number of hydrogen-bond donors (Lipinski definition) is 1. The third-order valence-corrected chi connectivity index (χ3v) is 3.06. The van der Waals surface area contributed by atoms with E-state index in [0.717, 1.165) is 16.7 Å². The molecule has 0 unspecified atom stereocenters. The molecule has 0 aliphatic heterocycles. The first-order chi connectivity index (χ1) is 8.38. The summed E-state index contributed by atoms with van der Waals surface area (Å²) in [5.41, 5.74) is -0.406. The molecule has 0 spiro atoms. The monoisotopic (exact) mass is 273 g/mol. The summed E-state index contributed by atoms with van der Waals surface area (Å²) in [4.78, 5) is 14.1. The van der Waals surface area contributed by atoms with Crippen molar-refractivity contribution in [2.75, 3.05) is 0 Å². The largest absolute Gasteiger partial charge is 0.478 e. The summed E-state index contributed by atoms with van der Waals surface area (Å²) in [6, 6.07) is 5.52. The third-order valence-electron chi connectivity index (χ3n) is 2.17. The fourth-order valence-electron chi connectivity index (χ4n) is 1.29. The molecule has 0 amide bonds. The van der Waals surface area contributed by atoms with E-state index < -0.39 is 17.8 Å². The highest BCUT2D eigenvalue weighted by Crippen LogP contribution is 2.33. The summed E-state index contributed by atoms with van der Waals surface area (Å²) >= 11 is 0.865. The second kappa shape index (κ2) is 4.41. The van der Waals surface area contributed by atoms with Crippen molar-refractivity contribution in [1.82, 2.24) is 4.98 Å². The molecule has 1 heterocycles. The fraction of sp³-hybridized carbons (Fsp3) is 0.0909. The van der Waals surface area contributed by atoms with E-state index >= 15 is 0 Å². The minimum Gasteiger partial charge on any atom is -0.478 e. The van der Waals surface area contributed by atoms with E-state index in [4.69, 9.17) is 5.11 Å². The van der Waals surface area contributed by atoms with E-state index in [1.54, 1.807) is 0 Å². The van der Waals surface area contributed by atoms with Gasteiger partial charge in [-0.3, -0.25) is 0 Å². The first-order valence-electron chi connectivity index (χ1n) is 4.74. The predicted octanol–water partition coefficient (Wildman–Crippen LogP) is 3.53. The van der Waals surface area contributed by atoms with E-state index in [0.29, 0.717) is 5.56 Å². The Labute approximate surface area is 104 Å². The van der Waals surface area contributed by atoms with Gasteiger partial charge < -0.3 is 5.11 Å². The Morgan fingerprint density at radius 1 is 1.22 bits per heavy atom. The van der Waals surface area contributed by atoms with Gasteiger partial charge in [-0.15, -0.1) is 11.3 Å². The van der Waals surface area contributed by atoms with Crippen molar-refractivity contribution < 1.29 is 23.1 Å². The van der Waals surface area contributed by atoms with Crippen LogP contribution in [0.5, 0.6) is 0 Å². The topological polar surface area (TPSA) is 50.2 Å². The lowest BCUT2D eigenvalue weighted by molar-refractivity contribution is -0.140. The fourth-order valence-corrected chi connectivity index (χ4v) is 2.12. The minimum atomic E-state index is -4.46. The van der Waals surface area contributed by atoms with Gasteiger partial charge >= 0.3 is 12.1 Å². The summed E-state index contributed by atoms with van der Waals surface area (Å²) in [6.45, 7) is 0. The van der Waals surface area contributed by atoms with Crippen molar-refractivity contribution in [2.24, 2.45) is 0 Å². The van der Waals surface area contributed by atoms with Gasteiger partial charge in [0.25, 0.3) is 0 Å². The van der Waals surface area contributed by atoms with Gasteiger partial charge in [-0.25, -0.2) is 9.78 Å². The average Bonchev–Trinajstić information content (AvgIpc) is 2.78. The number of thiazole rings is 1. The lowest BCUT2D eigenvalue weighted by Crippen LogP contribution is -2.04. The Hall–Kier alpha value is -1.89. The molecule has 0 saturated carbocycles. The smallest absolute Gasteiger partial charge is 0.434 e. The molecule has 0 fully saturated rings. The second-order valence-electron chi connectivity index (χ2n) is 3.42. The van der Waals surface area contributed by atoms with Crippen molar-refractivity contribution >= 4 is 17.3 Å². The van der Waals surface area contributed by atoms with Crippen LogP contribution in [0.4, 0.5) is 13.2 Å². The van der Waals surface area contributed by atoms with Crippen LogP contribution in [-0.2, 0) is 6.18 Å². The number of halogens is 3. The van der Waals surface area contributed by atoms with Gasteiger partial charge in [-0.05, 0) is 12.1 Å². The summed E-state index contributed by atoms with van der Waals surface area (Å²) in [7, 11) is 0. The van der Waals surface area contributed by atoms with Crippen molar-refractivity contribution in [3.63, 3.8) is 0 Å². The van der Waals surface area contributed by atoms with Crippen LogP contribution in [0.2, 0.25) is 0 Å². The normalized spacial score (nSPS) is 11.5. The van der Waals surface area contributed by atoms with Crippen LogP contribution in [0.25, 0.3) is 10.6 Å². The number of hydrogen-bond acceptors (Lipinski definition) is 3. The highest BCUT2D eigenvalue weighted by Gasteiger charge is 2.33. The van der Waals surface area contributed by atoms with E-state index in [-0.39, 0.29) is 10.6 Å². The quantitative estimate of drug-likeness (QED) is 0.910. The highest BCUT2D eigenvalue weighted by atomic mass is 32.1. The summed E-state index contributed by atoms with van der Waals surface area (Å²) in [5.74, 6) is -1.09. The number of aromatic carboxylic acids is 1. The van der Waals surface area contributed by atoms with Gasteiger partial charge in [0, 0.05) is 10.9 Å². The maximum Gasteiger partial charge on any atom is 0.434 e. The second-order valence-corrected chi connectivity index (χ2v) is 4.28. The zero-order valence-electron chi connectivity index (χ0n) is 8.73. The van der Waals surface area contributed by atoms with Crippen molar-refractivity contribution in [1.29, 1.82) is 0 Å². The number of carboxylic acid groups (broad SMARTS) is 1. The molecule has 0 radical (unpaired) electrons. The molecule has 3 nitrogen and oxygen atoms in total. The minimum absolute atomic E-state index is 0.0753. The van der Waals surface area contributed by atoms with E-state index in [1.807, 2.05) is 0 Å². The Morgan fingerprint density at radius 3 is 2.28 bits per heavy atom. The Balaban J connectivity index is 2.32. The van der Waals surface area contributed by atoms with Gasteiger partial charge in [0.2, 0.25) is 0 Å². The third kappa shape index (κ3) is 2.51. The average molecular weight is 273 g/mol. The molecule has 2 rings (SSSR count). The number of aromatic nitrogens is 1. The van der Waals surface area contributed by atoms with Gasteiger partial charge in [0.1, 0.15) is 5.01 Å². The van der Waals surface area contributed by atoms with Crippen LogP contribution >= 0.6 is 11.3 Å². The zero-order chi connectivity index (χ0) is 13.3. The molecule has 0 atom stereocenters. The molecule has 1 aromatic heterocycles. The predicted molar refractivity (Wildman–Crippen MR) is 59.5 cm³/mol. The SMILES string of the molecule is O=C(O)c1ccc(-c2nc(C(F)(F)F)cs2)cc1. The summed E-state index contributed by atoms with van der Waals surface area (Å²) in [6.07, 6.45) is -4.46. The molecular formula is C11H6F3NO2S. The van der Waals surface area contributed by atoms with Crippen LogP contribution in [0.1, 0.15) is 16.1 Å². The molecule has 0 bridgehead atoms. The molecule has 0 saturated heterocycles.